The summed E-state index contributed by atoms with van der Waals surface area (Å²) in [4.78, 5) is 32.9. The van der Waals surface area contributed by atoms with Gasteiger partial charge in [0.1, 0.15) is 12.3 Å². The molecule has 5 nitrogen and oxygen atoms in total. The zero-order valence-corrected chi connectivity index (χ0v) is 22.5. The minimum absolute atomic E-state index is 0.0116. The number of amides is 2. The largest absolute Gasteiger partial charge is 0.497 e. The first-order chi connectivity index (χ1) is 17.8. The van der Waals surface area contributed by atoms with Crippen LogP contribution in [0.1, 0.15) is 53.2 Å². The molecule has 5 rings (SSSR count). The second kappa shape index (κ2) is 10.0. The zero-order chi connectivity index (χ0) is 26.2. The minimum Gasteiger partial charge on any atom is -0.497 e. The van der Waals surface area contributed by atoms with Crippen LogP contribution in [0, 0.1) is 0 Å². The monoisotopic (exact) mass is 512 g/mol. The molecule has 0 aliphatic carbocycles. The molecule has 0 radical (unpaired) electrons. The number of benzene rings is 3. The van der Waals surface area contributed by atoms with Crippen molar-refractivity contribution in [2.75, 3.05) is 20.2 Å². The van der Waals surface area contributed by atoms with Crippen molar-refractivity contribution in [3.63, 3.8) is 0 Å². The number of carbonyl (C=O) groups is 2. The summed E-state index contributed by atoms with van der Waals surface area (Å²) in [7, 11) is 1.65. The quantitative estimate of drug-likeness (QED) is 0.314. The molecule has 4 aromatic rings. The Morgan fingerprint density at radius 3 is 2.46 bits per heavy atom. The number of hydrogen-bond donors (Lipinski definition) is 0. The number of carbonyl (C=O) groups excluding carboxylic acids is 2. The summed E-state index contributed by atoms with van der Waals surface area (Å²) in [5, 5.41) is 4.00. The molecule has 3 aromatic carbocycles. The standard InChI is InChI=1S/C31H32N2O3S/c1-31(2,3)33(30(35)25-11-7-9-21-8-5-6-10-24(21)25)20-28(34)32-18-16-27-26(17-19-37-27)29(32)22-12-14-23(36-4)15-13-22/h5-15,17,19,29H,16,18,20H2,1-4H3. The number of fused-ring (bicyclic) bond motifs is 2. The lowest BCUT2D eigenvalue weighted by molar-refractivity contribution is -0.135. The molecule has 6 heteroatoms. The van der Waals surface area contributed by atoms with Crippen LogP contribution in [0.5, 0.6) is 5.75 Å². The number of hydrogen-bond acceptors (Lipinski definition) is 4. The van der Waals surface area contributed by atoms with Crippen molar-refractivity contribution in [1.82, 2.24) is 9.80 Å². The van der Waals surface area contributed by atoms with Gasteiger partial charge in [0, 0.05) is 22.5 Å². The fourth-order valence-electron chi connectivity index (χ4n) is 5.13. The van der Waals surface area contributed by atoms with Crippen molar-refractivity contribution in [2.45, 2.75) is 38.8 Å². The van der Waals surface area contributed by atoms with Gasteiger partial charge in [-0.05, 0) is 78.7 Å². The highest BCUT2D eigenvalue weighted by atomic mass is 32.1. The predicted octanol–water partition coefficient (Wildman–Crippen LogP) is 6.32. The highest BCUT2D eigenvalue weighted by Crippen LogP contribution is 2.38. The van der Waals surface area contributed by atoms with E-state index in [0.29, 0.717) is 12.1 Å². The summed E-state index contributed by atoms with van der Waals surface area (Å²) < 4.78 is 5.35. The molecular formula is C31H32N2O3S. The average molecular weight is 513 g/mol. The van der Waals surface area contributed by atoms with Crippen LogP contribution >= 0.6 is 11.3 Å². The van der Waals surface area contributed by atoms with E-state index < -0.39 is 5.54 Å². The van der Waals surface area contributed by atoms with E-state index in [0.717, 1.165) is 34.1 Å². The SMILES string of the molecule is COc1ccc(C2c3ccsc3CCN2C(=O)CN(C(=O)c2cccc3ccccc23)C(C)(C)C)cc1. The molecular weight excluding hydrogens is 480 g/mol. The van der Waals surface area contributed by atoms with Crippen molar-refractivity contribution in [3.05, 3.63) is 99.7 Å². The second-order valence-corrected chi connectivity index (χ2v) is 11.4. The van der Waals surface area contributed by atoms with Crippen LogP contribution in [0.4, 0.5) is 0 Å². The molecule has 0 bridgehead atoms. The lowest BCUT2D eigenvalue weighted by atomic mass is 9.93. The number of rotatable bonds is 5. The van der Waals surface area contributed by atoms with Crippen molar-refractivity contribution in [2.24, 2.45) is 0 Å². The topological polar surface area (TPSA) is 49.9 Å². The Bertz CT molecular complexity index is 1430. The number of methoxy groups -OCH3 is 1. The fraction of sp³-hybridized carbons (Fsp3) is 0.290. The Morgan fingerprint density at radius 1 is 1.00 bits per heavy atom. The van der Waals surface area contributed by atoms with E-state index in [1.807, 2.05) is 92.4 Å². The van der Waals surface area contributed by atoms with Gasteiger partial charge in [-0.15, -0.1) is 11.3 Å². The van der Waals surface area contributed by atoms with Gasteiger partial charge in [-0.3, -0.25) is 9.59 Å². The van der Waals surface area contributed by atoms with E-state index in [9.17, 15) is 9.59 Å². The smallest absolute Gasteiger partial charge is 0.255 e. The Balaban J connectivity index is 1.48. The molecule has 0 saturated carbocycles. The molecule has 0 fully saturated rings. The van der Waals surface area contributed by atoms with Crippen LogP contribution in [-0.4, -0.2) is 47.4 Å². The molecule has 0 N–H and O–H groups in total. The van der Waals surface area contributed by atoms with E-state index >= 15 is 0 Å². The first-order valence-electron chi connectivity index (χ1n) is 12.6. The van der Waals surface area contributed by atoms with Crippen LogP contribution in [0.25, 0.3) is 10.8 Å². The van der Waals surface area contributed by atoms with Gasteiger partial charge in [0.05, 0.1) is 13.2 Å². The van der Waals surface area contributed by atoms with Crippen molar-refractivity contribution in [1.29, 1.82) is 0 Å². The molecule has 1 aliphatic rings. The Morgan fingerprint density at radius 2 is 1.73 bits per heavy atom. The van der Waals surface area contributed by atoms with Crippen LogP contribution in [-0.2, 0) is 11.2 Å². The third kappa shape index (κ3) is 4.86. The summed E-state index contributed by atoms with van der Waals surface area (Å²) in [6.07, 6.45) is 0.818. The first kappa shape index (κ1) is 25.0. The first-order valence-corrected chi connectivity index (χ1v) is 13.5. The van der Waals surface area contributed by atoms with Gasteiger partial charge < -0.3 is 14.5 Å². The molecule has 1 atom stereocenters. The van der Waals surface area contributed by atoms with E-state index in [2.05, 4.69) is 11.4 Å². The molecule has 1 unspecified atom stereocenters. The molecule has 0 saturated heterocycles. The number of thiophene rings is 1. The molecule has 2 heterocycles. The van der Waals surface area contributed by atoms with E-state index in [4.69, 9.17) is 4.74 Å². The van der Waals surface area contributed by atoms with Crippen molar-refractivity contribution >= 4 is 33.9 Å². The highest BCUT2D eigenvalue weighted by Gasteiger charge is 2.36. The van der Waals surface area contributed by atoms with Crippen LogP contribution in [0.15, 0.2) is 78.2 Å². The maximum Gasteiger partial charge on any atom is 0.255 e. The third-order valence-corrected chi connectivity index (χ3v) is 8.08. The third-order valence-electron chi connectivity index (χ3n) is 7.09. The van der Waals surface area contributed by atoms with Crippen molar-refractivity contribution in [3.8, 4) is 5.75 Å². The predicted molar refractivity (Wildman–Crippen MR) is 149 cm³/mol. The average Bonchev–Trinajstić information content (AvgIpc) is 3.39. The molecule has 0 spiro atoms. The molecule has 190 valence electrons. The normalized spacial score (nSPS) is 15.4. The van der Waals surface area contributed by atoms with Gasteiger partial charge in [-0.1, -0.05) is 48.5 Å². The Kier molecular flexibility index (Phi) is 6.78. The van der Waals surface area contributed by atoms with Gasteiger partial charge in [-0.25, -0.2) is 0 Å². The molecule has 37 heavy (non-hydrogen) atoms. The van der Waals surface area contributed by atoms with Crippen molar-refractivity contribution < 1.29 is 14.3 Å². The van der Waals surface area contributed by atoms with Gasteiger partial charge in [-0.2, -0.15) is 0 Å². The lowest BCUT2D eigenvalue weighted by Crippen LogP contribution is -2.52. The summed E-state index contributed by atoms with van der Waals surface area (Å²) in [5.74, 6) is 0.593. The Hall–Kier alpha value is -3.64. The Labute approximate surface area is 222 Å². The molecule has 2 amide bonds. The summed E-state index contributed by atoms with van der Waals surface area (Å²) in [6, 6.07) is 23.5. The highest BCUT2D eigenvalue weighted by molar-refractivity contribution is 7.10. The minimum atomic E-state index is -0.539. The number of ether oxygens (including phenoxy) is 1. The van der Waals surface area contributed by atoms with Gasteiger partial charge >= 0.3 is 0 Å². The zero-order valence-electron chi connectivity index (χ0n) is 21.7. The van der Waals surface area contributed by atoms with Crippen LogP contribution < -0.4 is 4.74 Å². The van der Waals surface area contributed by atoms with Gasteiger partial charge in [0.15, 0.2) is 0 Å². The lowest BCUT2D eigenvalue weighted by Gasteiger charge is -2.40. The maximum atomic E-state index is 14.0. The summed E-state index contributed by atoms with van der Waals surface area (Å²) in [6.45, 7) is 6.58. The number of nitrogens with zero attached hydrogens (tertiary/aromatic N) is 2. The van der Waals surface area contributed by atoms with E-state index in [1.165, 1.54) is 4.88 Å². The second-order valence-electron chi connectivity index (χ2n) is 10.4. The molecule has 1 aliphatic heterocycles. The maximum absolute atomic E-state index is 14.0. The molecule has 1 aromatic heterocycles. The van der Waals surface area contributed by atoms with Gasteiger partial charge in [0.25, 0.3) is 5.91 Å². The summed E-state index contributed by atoms with van der Waals surface area (Å²) in [5.41, 5.74) is 2.28. The van der Waals surface area contributed by atoms with E-state index in [-0.39, 0.29) is 24.4 Å². The fourth-order valence-corrected chi connectivity index (χ4v) is 6.03. The van der Waals surface area contributed by atoms with E-state index in [1.54, 1.807) is 23.3 Å². The van der Waals surface area contributed by atoms with Crippen LogP contribution in [0.3, 0.4) is 0 Å². The van der Waals surface area contributed by atoms with Gasteiger partial charge in [0.2, 0.25) is 5.91 Å². The van der Waals surface area contributed by atoms with Crippen LogP contribution in [0.2, 0.25) is 0 Å². The summed E-state index contributed by atoms with van der Waals surface area (Å²) >= 11 is 1.74.